The fourth-order valence-corrected chi connectivity index (χ4v) is 2.76. The second-order valence-electron chi connectivity index (χ2n) is 5.39. The van der Waals surface area contributed by atoms with E-state index in [2.05, 4.69) is 4.90 Å². The first-order valence-corrected chi connectivity index (χ1v) is 6.83. The van der Waals surface area contributed by atoms with E-state index in [1.807, 2.05) is 0 Å². The topological polar surface area (TPSA) is 41.7 Å². The Kier molecular flexibility index (Phi) is 5.05. The van der Waals surface area contributed by atoms with E-state index in [1.54, 1.807) is 0 Å². The van der Waals surface area contributed by atoms with Gasteiger partial charge in [0, 0.05) is 39.3 Å². The third kappa shape index (κ3) is 4.91. The minimum absolute atomic E-state index is 0.163. The Morgan fingerprint density at radius 1 is 1.00 bits per heavy atom. The van der Waals surface area contributed by atoms with Crippen molar-refractivity contribution in [2.24, 2.45) is 5.73 Å². The Morgan fingerprint density at radius 2 is 1.58 bits per heavy atom. The molecule has 2 saturated heterocycles. The predicted octanol–water partition coefficient (Wildman–Crippen LogP) is 0.673. The van der Waals surface area contributed by atoms with Crippen LogP contribution in [0.25, 0.3) is 0 Å². The first-order chi connectivity index (χ1) is 8.96. The van der Waals surface area contributed by atoms with Crippen molar-refractivity contribution in [3.05, 3.63) is 0 Å². The SMILES string of the molecule is NCC1CCC(CN2CCN(CC(F)(F)F)CC2)O1. The summed E-state index contributed by atoms with van der Waals surface area (Å²) in [6.45, 7) is 2.90. The molecular formula is C12H22F3N3O. The van der Waals surface area contributed by atoms with Crippen molar-refractivity contribution in [1.29, 1.82) is 0 Å². The summed E-state index contributed by atoms with van der Waals surface area (Å²) >= 11 is 0. The van der Waals surface area contributed by atoms with Gasteiger partial charge in [0.15, 0.2) is 0 Å². The van der Waals surface area contributed by atoms with Crippen LogP contribution in [0, 0.1) is 0 Å². The molecule has 2 unspecified atom stereocenters. The highest BCUT2D eigenvalue weighted by molar-refractivity contribution is 4.80. The smallest absolute Gasteiger partial charge is 0.372 e. The number of ether oxygens (including phenoxy) is 1. The third-order valence-electron chi connectivity index (χ3n) is 3.79. The summed E-state index contributed by atoms with van der Waals surface area (Å²) in [5, 5.41) is 0. The van der Waals surface area contributed by atoms with Gasteiger partial charge in [0.2, 0.25) is 0 Å². The molecule has 0 radical (unpaired) electrons. The Hall–Kier alpha value is -0.370. The maximum Gasteiger partial charge on any atom is 0.401 e. The predicted molar refractivity (Wildman–Crippen MR) is 65.9 cm³/mol. The average molecular weight is 281 g/mol. The zero-order valence-corrected chi connectivity index (χ0v) is 11.0. The molecule has 2 N–H and O–H groups in total. The maximum absolute atomic E-state index is 12.3. The van der Waals surface area contributed by atoms with Crippen LogP contribution in [0.1, 0.15) is 12.8 Å². The van der Waals surface area contributed by atoms with Crippen molar-refractivity contribution in [3.63, 3.8) is 0 Å². The van der Waals surface area contributed by atoms with Crippen LogP contribution in [0.5, 0.6) is 0 Å². The van der Waals surface area contributed by atoms with Crippen LogP contribution in [0.15, 0.2) is 0 Å². The van der Waals surface area contributed by atoms with E-state index in [1.165, 1.54) is 4.90 Å². The Bertz CT molecular complexity index is 280. The molecule has 0 aromatic rings. The van der Waals surface area contributed by atoms with Crippen LogP contribution >= 0.6 is 0 Å². The number of piperazine rings is 1. The van der Waals surface area contributed by atoms with Crippen LogP contribution in [0.2, 0.25) is 0 Å². The molecule has 0 bridgehead atoms. The minimum atomic E-state index is -4.09. The number of alkyl halides is 3. The number of hydrogen-bond donors (Lipinski definition) is 1. The third-order valence-corrected chi connectivity index (χ3v) is 3.79. The summed E-state index contributed by atoms with van der Waals surface area (Å²) in [6, 6.07) is 0. The molecule has 2 heterocycles. The molecule has 112 valence electrons. The van der Waals surface area contributed by atoms with Crippen molar-refractivity contribution in [2.75, 3.05) is 45.8 Å². The molecule has 0 amide bonds. The van der Waals surface area contributed by atoms with Crippen LogP contribution in [-0.2, 0) is 4.74 Å². The summed E-state index contributed by atoms with van der Waals surface area (Å²) < 4.78 is 42.5. The van der Waals surface area contributed by atoms with Crippen LogP contribution < -0.4 is 5.73 Å². The van der Waals surface area contributed by atoms with E-state index in [0.29, 0.717) is 32.7 Å². The molecule has 2 aliphatic rings. The van der Waals surface area contributed by atoms with Gasteiger partial charge < -0.3 is 10.5 Å². The number of hydrogen-bond acceptors (Lipinski definition) is 4. The lowest BCUT2D eigenvalue weighted by Gasteiger charge is -2.36. The van der Waals surface area contributed by atoms with Gasteiger partial charge in [-0.3, -0.25) is 9.80 Å². The van der Waals surface area contributed by atoms with Gasteiger partial charge in [-0.05, 0) is 12.8 Å². The number of rotatable bonds is 4. The monoisotopic (exact) mass is 281 g/mol. The average Bonchev–Trinajstić information content (AvgIpc) is 2.77. The van der Waals surface area contributed by atoms with Gasteiger partial charge in [-0.1, -0.05) is 0 Å². The molecule has 0 aromatic heterocycles. The summed E-state index contributed by atoms with van der Waals surface area (Å²) in [4.78, 5) is 3.66. The number of nitrogens with two attached hydrogens (primary N) is 1. The van der Waals surface area contributed by atoms with Gasteiger partial charge >= 0.3 is 6.18 Å². The van der Waals surface area contributed by atoms with Crippen molar-refractivity contribution < 1.29 is 17.9 Å². The van der Waals surface area contributed by atoms with Crippen molar-refractivity contribution >= 4 is 0 Å². The molecule has 0 aliphatic carbocycles. The van der Waals surface area contributed by atoms with E-state index < -0.39 is 12.7 Å². The Labute approximate surface area is 111 Å². The van der Waals surface area contributed by atoms with Crippen LogP contribution in [-0.4, -0.2) is 74.0 Å². The van der Waals surface area contributed by atoms with Gasteiger partial charge in [0.05, 0.1) is 18.8 Å². The standard InChI is InChI=1S/C12H22F3N3O/c13-12(14,15)9-18-5-3-17(4-6-18)8-11-2-1-10(7-16)19-11/h10-11H,1-9,16H2. The summed E-state index contributed by atoms with van der Waals surface area (Å²) in [5.74, 6) is 0. The molecule has 2 aliphatic heterocycles. The Morgan fingerprint density at radius 3 is 2.11 bits per heavy atom. The molecule has 2 atom stereocenters. The second kappa shape index (κ2) is 6.39. The Balaban J connectivity index is 1.66. The lowest BCUT2D eigenvalue weighted by molar-refractivity contribution is -0.149. The van der Waals surface area contributed by atoms with Crippen molar-refractivity contribution in [2.45, 2.75) is 31.2 Å². The molecular weight excluding hydrogens is 259 g/mol. The maximum atomic E-state index is 12.3. The summed E-state index contributed by atoms with van der Waals surface area (Å²) in [6.07, 6.45) is -1.73. The van der Waals surface area contributed by atoms with E-state index >= 15 is 0 Å². The largest absolute Gasteiger partial charge is 0.401 e. The van der Waals surface area contributed by atoms with Crippen LogP contribution in [0.4, 0.5) is 13.2 Å². The lowest BCUT2D eigenvalue weighted by atomic mass is 10.2. The lowest BCUT2D eigenvalue weighted by Crippen LogP contribution is -2.50. The zero-order chi connectivity index (χ0) is 13.9. The molecule has 2 fully saturated rings. The minimum Gasteiger partial charge on any atom is -0.372 e. The van der Waals surface area contributed by atoms with E-state index in [9.17, 15) is 13.2 Å². The highest BCUT2D eigenvalue weighted by Crippen LogP contribution is 2.21. The first kappa shape index (κ1) is 15.0. The van der Waals surface area contributed by atoms with Gasteiger partial charge in [0.25, 0.3) is 0 Å². The molecule has 2 rings (SSSR count). The highest BCUT2D eigenvalue weighted by atomic mass is 19.4. The van der Waals surface area contributed by atoms with Gasteiger partial charge in [-0.15, -0.1) is 0 Å². The number of nitrogens with zero attached hydrogens (tertiary/aromatic N) is 2. The van der Waals surface area contributed by atoms with Crippen molar-refractivity contribution in [1.82, 2.24) is 9.80 Å². The fraction of sp³-hybridized carbons (Fsp3) is 1.00. The first-order valence-electron chi connectivity index (χ1n) is 6.83. The zero-order valence-electron chi connectivity index (χ0n) is 11.0. The fourth-order valence-electron chi connectivity index (χ4n) is 2.76. The van der Waals surface area contributed by atoms with Gasteiger partial charge in [0.1, 0.15) is 0 Å². The second-order valence-corrected chi connectivity index (χ2v) is 5.39. The molecule has 0 aromatic carbocycles. The molecule has 4 nitrogen and oxygen atoms in total. The molecule has 0 saturated carbocycles. The van der Waals surface area contributed by atoms with E-state index in [-0.39, 0.29) is 12.2 Å². The quantitative estimate of drug-likeness (QED) is 0.822. The van der Waals surface area contributed by atoms with E-state index in [4.69, 9.17) is 10.5 Å². The number of halogens is 3. The highest BCUT2D eigenvalue weighted by Gasteiger charge is 2.33. The van der Waals surface area contributed by atoms with Crippen molar-refractivity contribution in [3.8, 4) is 0 Å². The van der Waals surface area contributed by atoms with Gasteiger partial charge in [-0.2, -0.15) is 13.2 Å². The summed E-state index contributed by atoms with van der Waals surface area (Å²) in [7, 11) is 0. The molecule has 7 heteroatoms. The summed E-state index contributed by atoms with van der Waals surface area (Å²) in [5.41, 5.74) is 5.55. The van der Waals surface area contributed by atoms with E-state index in [0.717, 1.165) is 19.4 Å². The van der Waals surface area contributed by atoms with Gasteiger partial charge in [-0.25, -0.2) is 0 Å². The normalized spacial score (nSPS) is 30.9. The molecule has 19 heavy (non-hydrogen) atoms. The molecule has 0 spiro atoms. The van der Waals surface area contributed by atoms with Crippen LogP contribution in [0.3, 0.4) is 0 Å².